The number of hydrogen-bond donors (Lipinski definition) is 2. The van der Waals surface area contributed by atoms with Crippen LogP contribution in [0, 0.1) is 5.92 Å². The predicted octanol–water partition coefficient (Wildman–Crippen LogP) is 3.59. The molecule has 1 saturated carbocycles. The van der Waals surface area contributed by atoms with Gasteiger partial charge in [-0.3, -0.25) is 4.79 Å². The van der Waals surface area contributed by atoms with Gasteiger partial charge in [-0.1, -0.05) is 25.7 Å². The van der Waals surface area contributed by atoms with Crippen LogP contribution in [0.25, 0.3) is 0 Å². The van der Waals surface area contributed by atoms with E-state index in [-0.39, 0.29) is 5.91 Å². The molecule has 1 fully saturated rings. The molecule has 1 amide bonds. The number of rotatable bonds is 6. The van der Waals surface area contributed by atoms with E-state index in [1.165, 1.54) is 32.1 Å². The van der Waals surface area contributed by atoms with E-state index in [4.69, 9.17) is 0 Å². The van der Waals surface area contributed by atoms with Gasteiger partial charge in [0.2, 0.25) is 0 Å². The zero-order valence-electron chi connectivity index (χ0n) is 11.9. The fourth-order valence-corrected chi connectivity index (χ4v) is 3.13. The number of aromatic nitrogens is 1. The van der Waals surface area contributed by atoms with Gasteiger partial charge in [-0.05, 0) is 40.8 Å². The van der Waals surface area contributed by atoms with E-state index in [1.54, 1.807) is 19.3 Å². The molecule has 4 nitrogen and oxygen atoms in total. The van der Waals surface area contributed by atoms with Crippen molar-refractivity contribution in [1.82, 2.24) is 10.3 Å². The maximum absolute atomic E-state index is 12.2. The number of anilines is 1. The molecule has 1 aliphatic carbocycles. The van der Waals surface area contributed by atoms with Gasteiger partial charge < -0.3 is 10.6 Å². The summed E-state index contributed by atoms with van der Waals surface area (Å²) in [4.78, 5) is 16.4. The minimum Gasteiger partial charge on any atom is -0.372 e. The number of carbonyl (C=O) groups is 1. The van der Waals surface area contributed by atoms with Crippen molar-refractivity contribution in [2.24, 2.45) is 5.92 Å². The summed E-state index contributed by atoms with van der Waals surface area (Å²) < 4.78 is 0.813. The summed E-state index contributed by atoms with van der Waals surface area (Å²) in [6.07, 6.45) is 9.48. The van der Waals surface area contributed by atoms with Crippen molar-refractivity contribution in [2.45, 2.75) is 38.5 Å². The number of nitrogens with one attached hydrogen (secondary N) is 2. The van der Waals surface area contributed by atoms with Crippen LogP contribution in [0.15, 0.2) is 16.7 Å². The molecule has 0 aliphatic heterocycles. The van der Waals surface area contributed by atoms with Crippen molar-refractivity contribution in [3.8, 4) is 0 Å². The Morgan fingerprint density at radius 1 is 1.45 bits per heavy atom. The lowest BCUT2D eigenvalue weighted by Gasteiger charge is -2.11. The standard InChI is InChI=1S/C15H22BrN3O/c1-17-14-13(9-12(16)10-19-14)15(20)18-8-4-7-11-5-2-3-6-11/h9-11H,2-8H2,1H3,(H,17,19)(H,18,20). The van der Waals surface area contributed by atoms with Gasteiger partial charge in [0.25, 0.3) is 5.91 Å². The average Bonchev–Trinajstić information content (AvgIpc) is 2.96. The maximum atomic E-state index is 12.2. The molecule has 2 rings (SSSR count). The first-order chi connectivity index (χ1) is 9.70. The first-order valence-electron chi connectivity index (χ1n) is 7.32. The SMILES string of the molecule is CNc1ncc(Br)cc1C(=O)NCCCC1CCCC1. The predicted molar refractivity (Wildman–Crippen MR) is 85.0 cm³/mol. The summed E-state index contributed by atoms with van der Waals surface area (Å²) in [6.45, 7) is 0.741. The Kier molecular flexibility index (Phi) is 5.83. The summed E-state index contributed by atoms with van der Waals surface area (Å²) in [6, 6.07) is 1.80. The molecule has 1 heterocycles. The van der Waals surface area contributed by atoms with Crippen LogP contribution >= 0.6 is 15.9 Å². The number of nitrogens with zero attached hydrogens (tertiary/aromatic N) is 1. The smallest absolute Gasteiger partial charge is 0.255 e. The Labute approximate surface area is 128 Å². The molecule has 0 saturated heterocycles. The Morgan fingerprint density at radius 2 is 2.20 bits per heavy atom. The molecule has 1 aromatic heterocycles. The molecule has 110 valence electrons. The van der Waals surface area contributed by atoms with E-state index in [9.17, 15) is 4.79 Å². The largest absolute Gasteiger partial charge is 0.372 e. The van der Waals surface area contributed by atoms with Gasteiger partial charge in [0.1, 0.15) is 5.82 Å². The zero-order chi connectivity index (χ0) is 14.4. The molecule has 0 radical (unpaired) electrons. The quantitative estimate of drug-likeness (QED) is 0.778. The van der Waals surface area contributed by atoms with Crippen LogP contribution < -0.4 is 10.6 Å². The second-order valence-electron chi connectivity index (χ2n) is 5.35. The van der Waals surface area contributed by atoms with Crippen LogP contribution in [0.4, 0.5) is 5.82 Å². The first-order valence-corrected chi connectivity index (χ1v) is 8.11. The lowest BCUT2D eigenvalue weighted by Crippen LogP contribution is -2.26. The van der Waals surface area contributed by atoms with E-state index < -0.39 is 0 Å². The third-order valence-electron chi connectivity index (χ3n) is 3.89. The highest BCUT2D eigenvalue weighted by Crippen LogP contribution is 2.28. The molecule has 2 N–H and O–H groups in total. The van der Waals surface area contributed by atoms with Crippen LogP contribution in [-0.4, -0.2) is 24.5 Å². The summed E-state index contributed by atoms with van der Waals surface area (Å²) >= 11 is 3.35. The fraction of sp³-hybridized carbons (Fsp3) is 0.600. The number of hydrogen-bond acceptors (Lipinski definition) is 3. The second-order valence-corrected chi connectivity index (χ2v) is 6.26. The lowest BCUT2D eigenvalue weighted by molar-refractivity contribution is 0.0953. The van der Waals surface area contributed by atoms with Crippen molar-refractivity contribution in [3.63, 3.8) is 0 Å². The van der Waals surface area contributed by atoms with E-state index in [0.29, 0.717) is 11.4 Å². The maximum Gasteiger partial charge on any atom is 0.255 e. The van der Waals surface area contributed by atoms with Crippen molar-refractivity contribution in [1.29, 1.82) is 0 Å². The minimum absolute atomic E-state index is 0.0606. The molecular formula is C15H22BrN3O. The number of pyridine rings is 1. The lowest BCUT2D eigenvalue weighted by atomic mass is 10.0. The summed E-state index contributed by atoms with van der Waals surface area (Å²) in [5.74, 6) is 1.43. The molecule has 0 unspecified atom stereocenters. The molecule has 0 atom stereocenters. The zero-order valence-corrected chi connectivity index (χ0v) is 13.5. The van der Waals surface area contributed by atoms with Crippen LogP contribution in [-0.2, 0) is 0 Å². The van der Waals surface area contributed by atoms with Gasteiger partial charge in [-0.25, -0.2) is 4.98 Å². The van der Waals surface area contributed by atoms with E-state index in [2.05, 4.69) is 31.5 Å². The van der Waals surface area contributed by atoms with Gasteiger partial charge in [0, 0.05) is 24.3 Å². The highest BCUT2D eigenvalue weighted by atomic mass is 79.9. The van der Waals surface area contributed by atoms with E-state index >= 15 is 0 Å². The molecule has 1 aromatic rings. The Bertz CT molecular complexity index is 458. The Morgan fingerprint density at radius 3 is 2.90 bits per heavy atom. The van der Waals surface area contributed by atoms with Gasteiger partial charge >= 0.3 is 0 Å². The Hall–Kier alpha value is -1.10. The molecule has 0 spiro atoms. The van der Waals surface area contributed by atoms with Crippen LogP contribution in [0.5, 0.6) is 0 Å². The third kappa shape index (κ3) is 4.20. The monoisotopic (exact) mass is 339 g/mol. The molecule has 5 heteroatoms. The van der Waals surface area contributed by atoms with Gasteiger partial charge in [-0.15, -0.1) is 0 Å². The average molecular weight is 340 g/mol. The van der Waals surface area contributed by atoms with E-state index in [0.717, 1.165) is 23.4 Å². The van der Waals surface area contributed by atoms with Crippen LogP contribution in [0.3, 0.4) is 0 Å². The molecule has 0 bridgehead atoms. The second kappa shape index (κ2) is 7.62. The van der Waals surface area contributed by atoms with Crippen molar-refractivity contribution in [3.05, 3.63) is 22.3 Å². The molecule has 0 aromatic carbocycles. The van der Waals surface area contributed by atoms with Crippen molar-refractivity contribution in [2.75, 3.05) is 18.9 Å². The minimum atomic E-state index is -0.0606. The number of carbonyl (C=O) groups excluding carboxylic acids is 1. The van der Waals surface area contributed by atoms with Crippen LogP contribution in [0.2, 0.25) is 0 Å². The summed E-state index contributed by atoms with van der Waals surface area (Å²) in [7, 11) is 1.77. The van der Waals surface area contributed by atoms with Crippen molar-refractivity contribution >= 4 is 27.7 Å². The number of amides is 1. The first kappa shape index (κ1) is 15.3. The van der Waals surface area contributed by atoms with Gasteiger partial charge in [0.15, 0.2) is 0 Å². The third-order valence-corrected chi connectivity index (χ3v) is 4.32. The highest BCUT2D eigenvalue weighted by Gasteiger charge is 2.15. The van der Waals surface area contributed by atoms with E-state index in [1.807, 2.05) is 0 Å². The molecule has 1 aliphatic rings. The van der Waals surface area contributed by atoms with Gasteiger partial charge in [-0.2, -0.15) is 0 Å². The number of halogens is 1. The van der Waals surface area contributed by atoms with Crippen LogP contribution in [0.1, 0.15) is 48.9 Å². The highest BCUT2D eigenvalue weighted by molar-refractivity contribution is 9.10. The molecule has 20 heavy (non-hydrogen) atoms. The van der Waals surface area contributed by atoms with Gasteiger partial charge in [0.05, 0.1) is 5.56 Å². The molecular weight excluding hydrogens is 318 g/mol. The summed E-state index contributed by atoms with van der Waals surface area (Å²) in [5, 5.41) is 5.93. The summed E-state index contributed by atoms with van der Waals surface area (Å²) in [5.41, 5.74) is 0.586. The normalized spacial score (nSPS) is 15.3. The Balaban J connectivity index is 1.80. The van der Waals surface area contributed by atoms with Crippen molar-refractivity contribution < 1.29 is 4.79 Å². The fourth-order valence-electron chi connectivity index (χ4n) is 2.80. The topological polar surface area (TPSA) is 54.0 Å².